The van der Waals surface area contributed by atoms with E-state index in [2.05, 4.69) is 10.3 Å². The smallest absolute Gasteiger partial charge is 0.253 e. The Bertz CT molecular complexity index is 999. The Morgan fingerprint density at radius 1 is 1.14 bits per heavy atom. The van der Waals surface area contributed by atoms with Gasteiger partial charge in [0.1, 0.15) is 11.6 Å². The van der Waals surface area contributed by atoms with Gasteiger partial charge in [0.25, 0.3) is 11.5 Å². The molecule has 0 radical (unpaired) electrons. The van der Waals surface area contributed by atoms with E-state index in [9.17, 15) is 14.0 Å². The number of nitrogens with zero attached hydrogens (tertiary/aromatic N) is 2. The summed E-state index contributed by atoms with van der Waals surface area (Å²) < 4.78 is 19.8. The third-order valence-electron chi connectivity index (χ3n) is 4.09. The van der Waals surface area contributed by atoms with Gasteiger partial charge in [0.15, 0.2) is 0 Å². The zero-order valence-corrected chi connectivity index (χ0v) is 15.4. The van der Waals surface area contributed by atoms with E-state index < -0.39 is 0 Å². The van der Waals surface area contributed by atoms with E-state index in [1.54, 1.807) is 36.4 Å². The second-order valence-corrected chi connectivity index (χ2v) is 6.03. The SMILES string of the molecule is CCOc1ccc(C(=O)NCCn2cnc(-c3ccc(F)cc3)cc2=O)cc1. The van der Waals surface area contributed by atoms with E-state index in [1.165, 1.54) is 29.1 Å². The van der Waals surface area contributed by atoms with Gasteiger partial charge < -0.3 is 10.1 Å². The molecule has 0 bridgehead atoms. The number of carbonyl (C=O) groups excluding carboxylic acids is 1. The van der Waals surface area contributed by atoms with Gasteiger partial charge in [-0.1, -0.05) is 0 Å². The number of hydrogen-bond acceptors (Lipinski definition) is 4. The lowest BCUT2D eigenvalue weighted by Crippen LogP contribution is -2.30. The van der Waals surface area contributed by atoms with Crippen LogP contribution in [0, 0.1) is 5.82 Å². The highest BCUT2D eigenvalue weighted by Crippen LogP contribution is 2.15. The van der Waals surface area contributed by atoms with Crippen molar-refractivity contribution in [2.24, 2.45) is 0 Å². The molecule has 0 atom stereocenters. The molecule has 2 aromatic carbocycles. The summed E-state index contributed by atoms with van der Waals surface area (Å²) in [5.74, 6) is 0.130. The van der Waals surface area contributed by atoms with Crippen LogP contribution in [0.15, 0.2) is 65.7 Å². The first kappa shape index (κ1) is 19.3. The standard InChI is InChI=1S/C21H20FN3O3/c1-2-28-18-9-5-16(6-10-18)21(27)23-11-12-25-14-24-19(13-20(25)26)15-3-7-17(22)8-4-15/h3-10,13-14H,2,11-12H2,1H3,(H,23,27). The van der Waals surface area contributed by atoms with Gasteiger partial charge in [-0.15, -0.1) is 0 Å². The predicted molar refractivity (Wildman–Crippen MR) is 104 cm³/mol. The molecule has 28 heavy (non-hydrogen) atoms. The molecule has 144 valence electrons. The van der Waals surface area contributed by atoms with Crippen LogP contribution in [0.1, 0.15) is 17.3 Å². The lowest BCUT2D eigenvalue weighted by atomic mass is 10.1. The lowest BCUT2D eigenvalue weighted by molar-refractivity contribution is 0.0952. The summed E-state index contributed by atoms with van der Waals surface area (Å²) >= 11 is 0. The Morgan fingerprint density at radius 2 is 1.86 bits per heavy atom. The fourth-order valence-electron chi connectivity index (χ4n) is 2.63. The van der Waals surface area contributed by atoms with E-state index in [-0.39, 0.29) is 30.4 Å². The van der Waals surface area contributed by atoms with Crippen LogP contribution in [0.3, 0.4) is 0 Å². The number of benzene rings is 2. The van der Waals surface area contributed by atoms with Gasteiger partial charge in [-0.2, -0.15) is 0 Å². The van der Waals surface area contributed by atoms with E-state index in [4.69, 9.17) is 4.74 Å². The van der Waals surface area contributed by atoms with E-state index >= 15 is 0 Å². The zero-order valence-electron chi connectivity index (χ0n) is 15.4. The Hall–Kier alpha value is -3.48. The highest BCUT2D eigenvalue weighted by Gasteiger charge is 2.07. The summed E-state index contributed by atoms with van der Waals surface area (Å²) in [5.41, 5.74) is 1.40. The van der Waals surface area contributed by atoms with Crippen LogP contribution in [-0.2, 0) is 6.54 Å². The number of rotatable bonds is 7. The van der Waals surface area contributed by atoms with Gasteiger partial charge in [0.2, 0.25) is 0 Å². The molecule has 0 saturated heterocycles. The van der Waals surface area contributed by atoms with Crippen LogP contribution in [-0.4, -0.2) is 28.6 Å². The maximum atomic E-state index is 13.0. The predicted octanol–water partition coefficient (Wildman–Crippen LogP) is 2.88. The number of hydrogen-bond donors (Lipinski definition) is 1. The summed E-state index contributed by atoms with van der Waals surface area (Å²) in [4.78, 5) is 28.7. The number of carbonyl (C=O) groups is 1. The van der Waals surface area contributed by atoms with Crippen LogP contribution >= 0.6 is 0 Å². The highest BCUT2D eigenvalue weighted by molar-refractivity contribution is 5.94. The first-order valence-corrected chi connectivity index (χ1v) is 8.90. The largest absolute Gasteiger partial charge is 0.494 e. The van der Waals surface area contributed by atoms with Crippen molar-refractivity contribution in [3.63, 3.8) is 0 Å². The normalized spacial score (nSPS) is 10.5. The minimum absolute atomic E-state index is 0.230. The number of halogens is 1. The minimum atomic E-state index is -0.347. The van der Waals surface area contributed by atoms with Gasteiger partial charge in [-0.05, 0) is 55.5 Å². The lowest BCUT2D eigenvalue weighted by Gasteiger charge is -2.09. The molecular weight excluding hydrogens is 361 g/mol. The van der Waals surface area contributed by atoms with Crippen molar-refractivity contribution < 1.29 is 13.9 Å². The number of aromatic nitrogens is 2. The molecule has 0 aliphatic rings. The molecular formula is C21H20FN3O3. The molecule has 7 heteroatoms. The minimum Gasteiger partial charge on any atom is -0.494 e. The second kappa shape index (κ2) is 8.94. The van der Waals surface area contributed by atoms with Crippen molar-refractivity contribution in [1.82, 2.24) is 14.9 Å². The Kier molecular flexibility index (Phi) is 6.16. The summed E-state index contributed by atoms with van der Waals surface area (Å²) in [6.07, 6.45) is 1.42. The fraction of sp³-hybridized carbons (Fsp3) is 0.190. The monoisotopic (exact) mass is 381 g/mol. The fourth-order valence-corrected chi connectivity index (χ4v) is 2.63. The molecule has 1 N–H and O–H groups in total. The van der Waals surface area contributed by atoms with Crippen molar-refractivity contribution >= 4 is 5.91 Å². The molecule has 0 unspecified atom stereocenters. The van der Waals surface area contributed by atoms with Crippen molar-refractivity contribution in [3.05, 3.63) is 82.7 Å². The van der Waals surface area contributed by atoms with Crippen molar-refractivity contribution in [3.8, 4) is 17.0 Å². The highest BCUT2D eigenvalue weighted by atomic mass is 19.1. The van der Waals surface area contributed by atoms with Gasteiger partial charge in [-0.25, -0.2) is 9.37 Å². The number of ether oxygens (including phenoxy) is 1. The van der Waals surface area contributed by atoms with Gasteiger partial charge >= 0.3 is 0 Å². The molecule has 0 aliphatic carbocycles. The van der Waals surface area contributed by atoms with Crippen LogP contribution < -0.4 is 15.6 Å². The Labute approximate surface area is 161 Å². The van der Waals surface area contributed by atoms with E-state index in [0.29, 0.717) is 29.2 Å². The van der Waals surface area contributed by atoms with Crippen LogP contribution in [0.5, 0.6) is 5.75 Å². The maximum Gasteiger partial charge on any atom is 0.253 e. The van der Waals surface area contributed by atoms with Crippen LogP contribution in [0.25, 0.3) is 11.3 Å². The van der Waals surface area contributed by atoms with Crippen molar-refractivity contribution in [2.75, 3.05) is 13.2 Å². The zero-order chi connectivity index (χ0) is 19.9. The third-order valence-corrected chi connectivity index (χ3v) is 4.09. The summed E-state index contributed by atoms with van der Waals surface area (Å²) in [6, 6.07) is 14.0. The number of nitrogens with one attached hydrogen (secondary N) is 1. The quantitative estimate of drug-likeness (QED) is 0.683. The van der Waals surface area contributed by atoms with Crippen LogP contribution in [0.2, 0.25) is 0 Å². The first-order valence-electron chi connectivity index (χ1n) is 8.90. The number of amides is 1. The topological polar surface area (TPSA) is 73.2 Å². The molecule has 1 aromatic heterocycles. The maximum absolute atomic E-state index is 13.0. The third kappa shape index (κ3) is 4.82. The molecule has 3 aromatic rings. The average Bonchev–Trinajstić information content (AvgIpc) is 2.70. The van der Waals surface area contributed by atoms with Gasteiger partial charge in [-0.3, -0.25) is 14.2 Å². The van der Waals surface area contributed by atoms with Crippen molar-refractivity contribution in [2.45, 2.75) is 13.5 Å². The van der Waals surface area contributed by atoms with E-state index in [1.807, 2.05) is 6.92 Å². The molecule has 0 aliphatic heterocycles. The molecule has 6 nitrogen and oxygen atoms in total. The first-order chi connectivity index (χ1) is 13.6. The summed E-state index contributed by atoms with van der Waals surface area (Å²) in [5, 5.41) is 2.77. The van der Waals surface area contributed by atoms with Gasteiger partial charge in [0, 0.05) is 30.3 Å². The average molecular weight is 381 g/mol. The molecule has 0 fully saturated rings. The molecule has 0 saturated carbocycles. The van der Waals surface area contributed by atoms with Crippen LogP contribution in [0.4, 0.5) is 4.39 Å². The Morgan fingerprint density at radius 3 is 2.50 bits per heavy atom. The molecule has 3 rings (SSSR count). The molecule has 1 amide bonds. The second-order valence-electron chi connectivity index (χ2n) is 6.03. The van der Waals surface area contributed by atoms with Gasteiger partial charge in [0.05, 0.1) is 18.6 Å². The summed E-state index contributed by atoms with van der Waals surface area (Å²) in [7, 11) is 0. The Balaban J connectivity index is 1.58. The molecule has 0 spiro atoms. The van der Waals surface area contributed by atoms with Crippen molar-refractivity contribution in [1.29, 1.82) is 0 Å². The molecule has 1 heterocycles. The summed E-state index contributed by atoms with van der Waals surface area (Å²) in [6.45, 7) is 3.03. The van der Waals surface area contributed by atoms with E-state index in [0.717, 1.165) is 0 Å².